The molecule has 1 aliphatic rings. The van der Waals surface area contributed by atoms with Crippen molar-refractivity contribution in [3.63, 3.8) is 0 Å². The first-order chi connectivity index (χ1) is 13.2. The highest BCUT2D eigenvalue weighted by molar-refractivity contribution is 5.53. The number of methoxy groups -OCH3 is 1. The number of benzene rings is 1. The summed E-state index contributed by atoms with van der Waals surface area (Å²) in [5.74, 6) is 0.725. The van der Waals surface area contributed by atoms with E-state index >= 15 is 0 Å². The lowest BCUT2D eigenvalue weighted by atomic mass is 10.0. The van der Waals surface area contributed by atoms with Gasteiger partial charge in [0.2, 0.25) is 0 Å². The Labute approximate surface area is 155 Å². The molecule has 0 saturated carbocycles. The fraction of sp³-hybridized carbons (Fsp3) is 0.250. The number of aromatic nitrogens is 3. The van der Waals surface area contributed by atoms with Crippen molar-refractivity contribution >= 4 is 0 Å². The van der Waals surface area contributed by atoms with Gasteiger partial charge in [0.1, 0.15) is 17.4 Å². The zero-order valence-electron chi connectivity index (χ0n) is 14.9. The van der Waals surface area contributed by atoms with E-state index in [9.17, 15) is 9.18 Å². The summed E-state index contributed by atoms with van der Waals surface area (Å²) in [4.78, 5) is 26.1. The van der Waals surface area contributed by atoms with Crippen LogP contribution in [0.3, 0.4) is 0 Å². The fourth-order valence-corrected chi connectivity index (χ4v) is 3.38. The molecule has 1 N–H and O–H groups in total. The molecule has 0 atom stereocenters. The van der Waals surface area contributed by atoms with Crippen LogP contribution in [0.4, 0.5) is 4.39 Å². The Balaban J connectivity index is 1.63. The number of H-pyrrole nitrogens is 1. The van der Waals surface area contributed by atoms with Gasteiger partial charge in [-0.15, -0.1) is 0 Å². The summed E-state index contributed by atoms with van der Waals surface area (Å²) in [5, 5.41) is 0. The smallest absolute Gasteiger partial charge is 0.254 e. The lowest BCUT2D eigenvalue weighted by molar-refractivity contribution is 0.233. The molecule has 138 valence electrons. The minimum absolute atomic E-state index is 0.123. The first-order valence-corrected chi connectivity index (χ1v) is 8.72. The van der Waals surface area contributed by atoms with Crippen LogP contribution in [0, 0.1) is 5.82 Å². The molecule has 0 bridgehead atoms. The molecule has 0 saturated heterocycles. The highest BCUT2D eigenvalue weighted by Crippen LogP contribution is 2.25. The van der Waals surface area contributed by atoms with Crippen LogP contribution in [0.5, 0.6) is 5.75 Å². The second-order valence-electron chi connectivity index (χ2n) is 6.46. The predicted molar refractivity (Wildman–Crippen MR) is 98.9 cm³/mol. The second-order valence-corrected chi connectivity index (χ2v) is 6.46. The molecule has 0 spiro atoms. The normalized spacial score (nSPS) is 14.0. The van der Waals surface area contributed by atoms with E-state index in [1.54, 1.807) is 30.6 Å². The summed E-state index contributed by atoms with van der Waals surface area (Å²) in [6.45, 7) is 1.53. The van der Waals surface area contributed by atoms with Crippen LogP contribution in [-0.2, 0) is 19.5 Å². The number of hydrogen-bond donors (Lipinski definition) is 1. The number of halogens is 1. The van der Waals surface area contributed by atoms with Crippen LogP contribution in [0.25, 0.3) is 11.4 Å². The van der Waals surface area contributed by atoms with E-state index in [-0.39, 0.29) is 11.4 Å². The monoisotopic (exact) mass is 366 g/mol. The number of rotatable bonds is 4. The highest BCUT2D eigenvalue weighted by Gasteiger charge is 2.23. The summed E-state index contributed by atoms with van der Waals surface area (Å²) in [6.07, 6.45) is 3.90. The first-order valence-electron chi connectivity index (χ1n) is 8.72. The van der Waals surface area contributed by atoms with Crippen molar-refractivity contribution in [3.05, 3.63) is 75.7 Å². The summed E-state index contributed by atoms with van der Waals surface area (Å²) in [5.41, 5.74) is 2.56. The van der Waals surface area contributed by atoms with Crippen LogP contribution in [0.1, 0.15) is 16.8 Å². The summed E-state index contributed by atoms with van der Waals surface area (Å²) < 4.78 is 19.5. The summed E-state index contributed by atoms with van der Waals surface area (Å²) >= 11 is 0. The molecule has 2 aromatic heterocycles. The molecule has 0 aliphatic carbocycles. The Bertz CT molecular complexity index is 1020. The van der Waals surface area contributed by atoms with Crippen molar-refractivity contribution in [1.29, 1.82) is 0 Å². The minimum Gasteiger partial charge on any atom is -0.496 e. The van der Waals surface area contributed by atoms with E-state index in [1.807, 2.05) is 6.07 Å². The topological polar surface area (TPSA) is 71.1 Å². The van der Waals surface area contributed by atoms with Crippen LogP contribution < -0.4 is 10.3 Å². The molecule has 0 amide bonds. The Hall–Kier alpha value is -3.06. The van der Waals surface area contributed by atoms with E-state index in [4.69, 9.17) is 4.74 Å². The maximum atomic E-state index is 14.3. The number of hydrogen-bond acceptors (Lipinski definition) is 5. The quantitative estimate of drug-likeness (QED) is 0.768. The summed E-state index contributed by atoms with van der Waals surface area (Å²) in [6, 6.07) is 8.46. The molecule has 7 heteroatoms. The highest BCUT2D eigenvalue weighted by atomic mass is 19.1. The zero-order valence-corrected chi connectivity index (χ0v) is 14.9. The Kier molecular flexibility index (Phi) is 4.68. The lowest BCUT2D eigenvalue weighted by Crippen LogP contribution is -2.35. The molecular weight excluding hydrogens is 347 g/mol. The molecule has 27 heavy (non-hydrogen) atoms. The van der Waals surface area contributed by atoms with Gasteiger partial charge in [-0.3, -0.25) is 14.7 Å². The molecule has 6 nitrogen and oxygen atoms in total. The van der Waals surface area contributed by atoms with Crippen molar-refractivity contribution in [2.75, 3.05) is 13.7 Å². The number of nitrogens with zero attached hydrogens (tertiary/aromatic N) is 3. The van der Waals surface area contributed by atoms with Crippen LogP contribution in [0.15, 0.2) is 47.5 Å². The molecule has 0 unspecified atom stereocenters. The minimum atomic E-state index is -0.296. The Morgan fingerprint density at radius 1 is 1.30 bits per heavy atom. The van der Waals surface area contributed by atoms with Gasteiger partial charge in [0.25, 0.3) is 5.56 Å². The second kappa shape index (κ2) is 7.28. The number of fused-ring (bicyclic) bond motifs is 1. The van der Waals surface area contributed by atoms with Gasteiger partial charge in [-0.25, -0.2) is 9.37 Å². The molecule has 1 aromatic carbocycles. The zero-order chi connectivity index (χ0) is 18.8. The molecule has 4 rings (SSSR count). The fourth-order valence-electron chi connectivity index (χ4n) is 3.38. The third-order valence-corrected chi connectivity index (χ3v) is 4.77. The third kappa shape index (κ3) is 3.46. The van der Waals surface area contributed by atoms with E-state index in [0.717, 1.165) is 11.3 Å². The van der Waals surface area contributed by atoms with Crippen LogP contribution >= 0.6 is 0 Å². The third-order valence-electron chi connectivity index (χ3n) is 4.77. The van der Waals surface area contributed by atoms with Gasteiger partial charge in [-0.2, -0.15) is 0 Å². The Morgan fingerprint density at radius 2 is 2.19 bits per heavy atom. The van der Waals surface area contributed by atoms with E-state index in [0.29, 0.717) is 48.8 Å². The molecule has 0 fully saturated rings. The van der Waals surface area contributed by atoms with Crippen molar-refractivity contribution in [3.8, 4) is 17.1 Å². The predicted octanol–water partition coefficient (Wildman–Crippen LogP) is 2.54. The van der Waals surface area contributed by atoms with E-state index < -0.39 is 0 Å². The average molecular weight is 366 g/mol. The lowest BCUT2D eigenvalue weighted by Gasteiger charge is -2.28. The van der Waals surface area contributed by atoms with Crippen molar-refractivity contribution < 1.29 is 9.13 Å². The summed E-state index contributed by atoms with van der Waals surface area (Å²) in [7, 11) is 1.53. The van der Waals surface area contributed by atoms with Crippen molar-refractivity contribution in [2.45, 2.75) is 19.5 Å². The van der Waals surface area contributed by atoms with Gasteiger partial charge in [0.05, 0.1) is 12.8 Å². The average Bonchev–Trinajstić information content (AvgIpc) is 2.70. The van der Waals surface area contributed by atoms with Gasteiger partial charge >= 0.3 is 0 Å². The maximum Gasteiger partial charge on any atom is 0.254 e. The van der Waals surface area contributed by atoms with Gasteiger partial charge in [-0.1, -0.05) is 6.07 Å². The maximum absolute atomic E-state index is 14.3. The number of nitrogens with one attached hydrogen (secondary N) is 1. The number of pyridine rings is 1. The van der Waals surface area contributed by atoms with E-state index in [1.165, 1.54) is 13.2 Å². The molecule has 3 aromatic rings. The van der Waals surface area contributed by atoms with Crippen molar-refractivity contribution in [2.24, 2.45) is 0 Å². The molecular formula is C20H19FN4O2. The van der Waals surface area contributed by atoms with E-state index in [2.05, 4.69) is 19.9 Å². The van der Waals surface area contributed by atoms with Gasteiger partial charge in [-0.05, 0) is 30.7 Å². The number of aromatic amines is 1. The molecule has 3 heterocycles. The van der Waals surface area contributed by atoms with Gasteiger partial charge in [0, 0.05) is 48.7 Å². The standard InChI is InChI=1S/C20H19FN4O2/c1-27-18-6-2-5-16(21)15(18)11-25-9-7-14-17(12-25)23-19(24-20(14)26)13-4-3-8-22-10-13/h2-6,8,10H,7,9,11-12H2,1H3,(H,23,24,26). The Morgan fingerprint density at radius 3 is 2.96 bits per heavy atom. The van der Waals surface area contributed by atoms with Crippen LogP contribution in [0.2, 0.25) is 0 Å². The SMILES string of the molecule is COc1cccc(F)c1CN1CCc2c(nc(-c3cccnc3)[nH]c2=O)C1. The first kappa shape index (κ1) is 17.4. The largest absolute Gasteiger partial charge is 0.496 e. The molecule has 1 aliphatic heterocycles. The van der Waals surface area contributed by atoms with Crippen LogP contribution in [-0.4, -0.2) is 33.5 Å². The number of ether oxygens (including phenoxy) is 1. The van der Waals surface area contributed by atoms with Gasteiger partial charge < -0.3 is 9.72 Å². The molecule has 0 radical (unpaired) electrons. The van der Waals surface area contributed by atoms with Crippen molar-refractivity contribution in [1.82, 2.24) is 19.9 Å². The van der Waals surface area contributed by atoms with Gasteiger partial charge in [0.15, 0.2) is 0 Å².